The van der Waals surface area contributed by atoms with Crippen LogP contribution in [0.15, 0.2) is 103 Å². The number of hydrogen-bond donors (Lipinski definition) is 1. The van der Waals surface area contributed by atoms with Gasteiger partial charge in [0, 0.05) is 11.2 Å². The lowest BCUT2D eigenvalue weighted by molar-refractivity contribution is 0.376. The molecule has 3 aromatic carbocycles. The van der Waals surface area contributed by atoms with Crippen LogP contribution in [-0.2, 0) is 11.1 Å². The normalized spacial score (nSPS) is 11.8. The molecule has 0 fully saturated rings. The molecule has 200 valence electrons. The van der Waals surface area contributed by atoms with Crippen molar-refractivity contribution in [2.75, 3.05) is 5.32 Å². The van der Waals surface area contributed by atoms with Crippen molar-refractivity contribution in [2.45, 2.75) is 12.3 Å². The maximum atomic E-state index is 14.9. The van der Waals surface area contributed by atoms with Crippen LogP contribution in [0.2, 0.25) is 10.2 Å². The molecule has 40 heavy (non-hydrogen) atoms. The van der Waals surface area contributed by atoms with Crippen molar-refractivity contribution in [3.8, 4) is 17.6 Å². The Bertz CT molecular complexity index is 1620. The van der Waals surface area contributed by atoms with Crippen LogP contribution < -0.4 is 14.4 Å². The monoisotopic (exact) mass is 590 g/mol. The van der Waals surface area contributed by atoms with Gasteiger partial charge >= 0.3 is 7.60 Å². The predicted molar refractivity (Wildman–Crippen MR) is 153 cm³/mol. The molecule has 0 aliphatic carbocycles. The summed E-state index contributed by atoms with van der Waals surface area (Å²) >= 11 is 12.1. The number of halogens is 2. The van der Waals surface area contributed by atoms with Gasteiger partial charge in [0.15, 0.2) is 11.6 Å². The second kappa shape index (κ2) is 12.2. The van der Waals surface area contributed by atoms with Gasteiger partial charge in [-0.3, -0.25) is 0 Å². The van der Waals surface area contributed by atoms with Crippen LogP contribution in [0.3, 0.4) is 0 Å². The van der Waals surface area contributed by atoms with Gasteiger partial charge < -0.3 is 14.4 Å². The van der Waals surface area contributed by atoms with Crippen molar-refractivity contribution in [2.24, 2.45) is 0 Å². The molecular formula is C28H21Cl2N6O3P. The number of aromatic nitrogens is 4. The molecule has 1 atom stereocenters. The standard InChI is InChI=1S/C28H21Cl2N6O3P/c29-22-14-12-21(13-15-22)28(33-27-25(17-31)34-35-36(27)19-20-11-16-26(30)32-18-20)40(37,38-23-7-3-1-4-8-23)39-24-9-5-2-6-10-24/h1-16,18,28,33H,19H2. The van der Waals surface area contributed by atoms with E-state index in [-0.39, 0.29) is 18.1 Å². The zero-order chi connectivity index (χ0) is 28.0. The number of anilines is 1. The van der Waals surface area contributed by atoms with Gasteiger partial charge in [-0.15, -0.1) is 5.10 Å². The van der Waals surface area contributed by atoms with Gasteiger partial charge in [-0.1, -0.05) is 83.0 Å². The van der Waals surface area contributed by atoms with Gasteiger partial charge in [0.05, 0.1) is 6.54 Å². The Kier molecular flexibility index (Phi) is 8.32. The number of para-hydroxylation sites is 2. The van der Waals surface area contributed by atoms with Crippen LogP contribution in [0.5, 0.6) is 11.5 Å². The Labute approximate surface area is 240 Å². The fourth-order valence-electron chi connectivity index (χ4n) is 3.81. The lowest BCUT2D eigenvalue weighted by Crippen LogP contribution is -2.21. The van der Waals surface area contributed by atoms with Gasteiger partial charge in [-0.2, -0.15) is 5.26 Å². The van der Waals surface area contributed by atoms with Crippen LogP contribution in [-0.4, -0.2) is 20.0 Å². The summed E-state index contributed by atoms with van der Waals surface area (Å²) in [4.78, 5) is 4.10. The largest absolute Gasteiger partial charge is 0.457 e. The summed E-state index contributed by atoms with van der Waals surface area (Å²) < 4.78 is 28.6. The third-order valence-electron chi connectivity index (χ3n) is 5.69. The Hall–Kier alpha value is -4.35. The zero-order valence-corrected chi connectivity index (χ0v) is 23.2. The summed E-state index contributed by atoms with van der Waals surface area (Å²) in [5, 5.41) is 22.0. The van der Waals surface area contributed by atoms with Crippen molar-refractivity contribution in [3.63, 3.8) is 0 Å². The second-order valence-electron chi connectivity index (χ2n) is 8.49. The molecule has 0 aliphatic rings. The van der Waals surface area contributed by atoms with E-state index in [1.165, 1.54) is 4.68 Å². The summed E-state index contributed by atoms with van der Waals surface area (Å²) in [6, 6.07) is 29.6. The minimum absolute atomic E-state index is 0.00754. The highest BCUT2D eigenvalue weighted by Gasteiger charge is 2.42. The molecule has 5 aromatic rings. The third-order valence-corrected chi connectivity index (χ3v) is 8.15. The number of nitrogens with zero attached hydrogens (tertiary/aromatic N) is 5. The second-order valence-corrected chi connectivity index (χ2v) is 11.3. The van der Waals surface area contributed by atoms with Crippen molar-refractivity contribution < 1.29 is 13.6 Å². The van der Waals surface area contributed by atoms with E-state index in [1.54, 1.807) is 91.1 Å². The Morgan fingerprint density at radius 2 is 1.52 bits per heavy atom. The number of hydrogen-bond acceptors (Lipinski definition) is 8. The van der Waals surface area contributed by atoms with Gasteiger partial charge in [0.1, 0.15) is 22.7 Å². The molecule has 12 heteroatoms. The van der Waals surface area contributed by atoms with Gasteiger partial charge in [-0.25, -0.2) is 14.2 Å². The van der Waals surface area contributed by atoms with Gasteiger partial charge in [0.2, 0.25) is 5.69 Å². The predicted octanol–water partition coefficient (Wildman–Crippen LogP) is 7.36. The Morgan fingerprint density at radius 3 is 2.08 bits per heavy atom. The van der Waals surface area contributed by atoms with Crippen LogP contribution in [0.4, 0.5) is 5.82 Å². The van der Waals surface area contributed by atoms with Crippen LogP contribution in [0.25, 0.3) is 0 Å². The van der Waals surface area contributed by atoms with Crippen molar-refractivity contribution >= 4 is 36.6 Å². The minimum Gasteiger partial charge on any atom is -0.414 e. The summed E-state index contributed by atoms with van der Waals surface area (Å²) in [5.74, 6) is -0.229. The highest BCUT2D eigenvalue weighted by molar-refractivity contribution is 7.55. The van der Waals surface area contributed by atoms with E-state index in [9.17, 15) is 9.83 Å². The van der Waals surface area contributed by atoms with E-state index in [4.69, 9.17) is 32.2 Å². The third kappa shape index (κ3) is 6.44. The van der Waals surface area contributed by atoms with E-state index in [1.807, 2.05) is 18.2 Å². The first-order valence-electron chi connectivity index (χ1n) is 12.0. The fraction of sp³-hybridized carbons (Fsp3) is 0.0714. The SMILES string of the molecule is N#Cc1nnn(Cc2ccc(Cl)nc2)c1NC(c1ccc(Cl)cc1)P(=O)(Oc1ccccc1)Oc1ccccc1. The number of benzene rings is 3. The summed E-state index contributed by atoms with van der Waals surface area (Å²) in [6.45, 7) is 0.206. The molecule has 9 nitrogen and oxygen atoms in total. The number of nitriles is 1. The fourth-order valence-corrected chi connectivity index (χ4v) is 5.95. The van der Waals surface area contributed by atoms with E-state index >= 15 is 0 Å². The van der Waals surface area contributed by atoms with Crippen LogP contribution >= 0.6 is 30.8 Å². The molecule has 2 heterocycles. The lowest BCUT2D eigenvalue weighted by Gasteiger charge is -2.29. The molecule has 1 N–H and O–H groups in total. The zero-order valence-electron chi connectivity index (χ0n) is 20.8. The van der Waals surface area contributed by atoms with E-state index in [0.717, 1.165) is 5.56 Å². The molecule has 0 saturated carbocycles. The lowest BCUT2D eigenvalue weighted by atomic mass is 10.2. The maximum Gasteiger partial charge on any atom is 0.457 e. The van der Waals surface area contributed by atoms with E-state index in [2.05, 4.69) is 20.6 Å². The summed E-state index contributed by atoms with van der Waals surface area (Å²) in [6.07, 6.45) is 1.60. The molecule has 0 amide bonds. The summed E-state index contributed by atoms with van der Waals surface area (Å²) in [7, 11) is -4.15. The topological polar surface area (TPSA) is 115 Å². The van der Waals surface area contributed by atoms with E-state index in [0.29, 0.717) is 27.2 Å². The quantitative estimate of drug-likeness (QED) is 0.132. The van der Waals surface area contributed by atoms with E-state index < -0.39 is 13.4 Å². The first kappa shape index (κ1) is 27.2. The average Bonchev–Trinajstić information content (AvgIpc) is 3.35. The minimum atomic E-state index is -4.15. The summed E-state index contributed by atoms with van der Waals surface area (Å²) in [5.41, 5.74) is 1.28. The van der Waals surface area contributed by atoms with Crippen molar-refractivity contribution in [1.29, 1.82) is 5.26 Å². The molecular weight excluding hydrogens is 570 g/mol. The van der Waals surface area contributed by atoms with Crippen molar-refractivity contribution in [3.05, 3.63) is 130 Å². The molecule has 0 spiro atoms. The van der Waals surface area contributed by atoms with Crippen LogP contribution in [0.1, 0.15) is 22.6 Å². The first-order chi connectivity index (χ1) is 19.4. The molecule has 5 rings (SSSR count). The molecule has 0 aliphatic heterocycles. The van der Waals surface area contributed by atoms with Crippen molar-refractivity contribution in [1.82, 2.24) is 20.0 Å². The smallest absolute Gasteiger partial charge is 0.414 e. The number of nitrogens with one attached hydrogen (secondary N) is 1. The van der Waals surface area contributed by atoms with Gasteiger partial charge in [0.25, 0.3) is 0 Å². The molecule has 1 unspecified atom stereocenters. The molecule has 0 saturated heterocycles. The first-order valence-corrected chi connectivity index (χ1v) is 14.4. The van der Waals surface area contributed by atoms with Gasteiger partial charge in [-0.05, 0) is 53.6 Å². The molecule has 0 radical (unpaired) electrons. The maximum absolute atomic E-state index is 14.9. The number of rotatable bonds is 10. The average molecular weight is 591 g/mol. The molecule has 0 bridgehead atoms. The van der Waals surface area contributed by atoms with Crippen LogP contribution in [0, 0.1) is 11.3 Å². The number of pyridine rings is 1. The molecule has 2 aromatic heterocycles. The Morgan fingerprint density at radius 1 is 0.900 bits per heavy atom. The Balaban J connectivity index is 1.61. The highest BCUT2D eigenvalue weighted by Crippen LogP contribution is 2.60. The highest BCUT2D eigenvalue weighted by atomic mass is 35.5.